The van der Waals surface area contributed by atoms with E-state index in [0.717, 1.165) is 6.54 Å². The molecular formula is C15H27N3S. The first kappa shape index (κ1) is 14.9. The summed E-state index contributed by atoms with van der Waals surface area (Å²) in [5.74, 6) is 0.707. The van der Waals surface area contributed by atoms with Crippen molar-refractivity contribution < 1.29 is 0 Å². The van der Waals surface area contributed by atoms with Gasteiger partial charge in [-0.2, -0.15) is 0 Å². The molecule has 2 rings (SSSR count). The molecule has 0 aliphatic carbocycles. The highest BCUT2D eigenvalue weighted by Crippen LogP contribution is 2.31. The first-order valence-electron chi connectivity index (χ1n) is 7.54. The van der Waals surface area contributed by atoms with Crippen molar-refractivity contribution in [2.24, 2.45) is 0 Å². The van der Waals surface area contributed by atoms with E-state index >= 15 is 0 Å². The lowest BCUT2D eigenvalue weighted by atomic mass is 9.97. The summed E-state index contributed by atoms with van der Waals surface area (Å²) in [6.07, 6.45) is 7.04. The van der Waals surface area contributed by atoms with Crippen molar-refractivity contribution in [2.45, 2.75) is 51.5 Å². The van der Waals surface area contributed by atoms with Gasteiger partial charge in [0.05, 0.1) is 5.01 Å². The maximum Gasteiger partial charge on any atom is 0.0959 e. The number of likely N-dealkylation sites (tertiary alicyclic amines) is 1. The largest absolute Gasteiger partial charge is 0.320 e. The van der Waals surface area contributed by atoms with Gasteiger partial charge in [0.2, 0.25) is 0 Å². The van der Waals surface area contributed by atoms with Gasteiger partial charge in [-0.3, -0.25) is 0 Å². The van der Waals surface area contributed by atoms with E-state index in [9.17, 15) is 0 Å². The van der Waals surface area contributed by atoms with Crippen molar-refractivity contribution in [2.75, 3.05) is 26.7 Å². The Bertz CT molecular complexity index is 367. The van der Waals surface area contributed by atoms with E-state index in [1.54, 1.807) is 0 Å². The first-order valence-corrected chi connectivity index (χ1v) is 8.35. The van der Waals surface area contributed by atoms with Gasteiger partial charge in [-0.1, -0.05) is 0 Å². The van der Waals surface area contributed by atoms with Crippen LogP contribution in [0.4, 0.5) is 0 Å². The normalized spacial score (nSPS) is 18.3. The molecule has 1 aromatic rings. The van der Waals surface area contributed by atoms with E-state index in [4.69, 9.17) is 0 Å². The molecule has 0 bridgehead atoms. The number of thiazole rings is 1. The van der Waals surface area contributed by atoms with Crippen molar-refractivity contribution in [3.63, 3.8) is 0 Å². The smallest absolute Gasteiger partial charge is 0.0959 e. The molecule has 1 saturated heterocycles. The van der Waals surface area contributed by atoms with Crippen LogP contribution in [0, 0.1) is 0 Å². The minimum Gasteiger partial charge on any atom is -0.320 e. The van der Waals surface area contributed by atoms with Crippen LogP contribution >= 0.6 is 11.3 Å². The summed E-state index contributed by atoms with van der Waals surface area (Å²) in [5.41, 5.74) is 0. The van der Waals surface area contributed by atoms with E-state index in [-0.39, 0.29) is 0 Å². The summed E-state index contributed by atoms with van der Waals surface area (Å²) in [7, 11) is 2.01. The Morgan fingerprint density at radius 3 is 2.79 bits per heavy atom. The highest BCUT2D eigenvalue weighted by Gasteiger charge is 2.23. The van der Waals surface area contributed by atoms with Gasteiger partial charge < -0.3 is 10.2 Å². The Morgan fingerprint density at radius 1 is 1.42 bits per heavy atom. The molecule has 0 unspecified atom stereocenters. The van der Waals surface area contributed by atoms with E-state index in [1.807, 2.05) is 18.4 Å². The van der Waals surface area contributed by atoms with E-state index in [2.05, 4.69) is 35.2 Å². The lowest BCUT2D eigenvalue weighted by molar-refractivity contribution is 0.172. The molecule has 0 saturated carbocycles. The van der Waals surface area contributed by atoms with Crippen molar-refractivity contribution >= 4 is 11.3 Å². The van der Waals surface area contributed by atoms with Crippen LogP contribution in [0.3, 0.4) is 0 Å². The van der Waals surface area contributed by atoms with E-state index in [0.29, 0.717) is 12.0 Å². The van der Waals surface area contributed by atoms with Crippen molar-refractivity contribution in [3.05, 3.63) is 16.1 Å². The number of hydrogen-bond acceptors (Lipinski definition) is 4. The van der Waals surface area contributed by atoms with Crippen molar-refractivity contribution in [1.82, 2.24) is 15.2 Å². The van der Waals surface area contributed by atoms with Crippen LogP contribution in [0.2, 0.25) is 0 Å². The molecule has 1 aromatic heterocycles. The maximum absolute atomic E-state index is 4.67. The predicted molar refractivity (Wildman–Crippen MR) is 83.0 cm³/mol. The first-order chi connectivity index (χ1) is 9.20. The average Bonchev–Trinajstić information content (AvgIpc) is 2.88. The van der Waals surface area contributed by atoms with Crippen LogP contribution in [-0.4, -0.2) is 42.6 Å². The van der Waals surface area contributed by atoms with Gasteiger partial charge in [-0.15, -0.1) is 11.3 Å². The Kier molecular flexibility index (Phi) is 5.79. The van der Waals surface area contributed by atoms with E-state index in [1.165, 1.54) is 48.7 Å². The lowest BCUT2D eigenvalue weighted by Crippen LogP contribution is -2.37. The second-order valence-electron chi connectivity index (χ2n) is 5.78. The van der Waals surface area contributed by atoms with Crippen LogP contribution in [0.1, 0.15) is 48.9 Å². The highest BCUT2D eigenvalue weighted by molar-refractivity contribution is 7.11. The third-order valence-electron chi connectivity index (χ3n) is 4.03. The molecule has 0 amide bonds. The fourth-order valence-corrected chi connectivity index (χ4v) is 3.86. The van der Waals surface area contributed by atoms with Gasteiger partial charge in [0.1, 0.15) is 0 Å². The van der Waals surface area contributed by atoms with Gasteiger partial charge in [0.15, 0.2) is 0 Å². The van der Waals surface area contributed by atoms with Crippen LogP contribution in [0.25, 0.3) is 0 Å². The fraction of sp³-hybridized carbons (Fsp3) is 0.800. The molecule has 1 N–H and O–H groups in total. The summed E-state index contributed by atoms with van der Waals surface area (Å²) in [6.45, 7) is 8.15. The molecule has 1 aliphatic heterocycles. The summed E-state index contributed by atoms with van der Waals surface area (Å²) >= 11 is 1.94. The Hall–Kier alpha value is -0.450. The van der Waals surface area contributed by atoms with Crippen LogP contribution in [0.5, 0.6) is 0 Å². The number of aryl methyl sites for hydroxylation is 1. The van der Waals surface area contributed by atoms with E-state index < -0.39 is 0 Å². The maximum atomic E-state index is 4.67. The topological polar surface area (TPSA) is 28.2 Å². The molecule has 3 nitrogen and oxygen atoms in total. The second kappa shape index (κ2) is 7.36. The monoisotopic (exact) mass is 281 g/mol. The molecule has 1 fully saturated rings. The highest BCUT2D eigenvalue weighted by atomic mass is 32.1. The average molecular weight is 281 g/mol. The van der Waals surface area contributed by atoms with Crippen LogP contribution < -0.4 is 5.32 Å². The Balaban J connectivity index is 1.82. The number of hydrogen-bond donors (Lipinski definition) is 1. The van der Waals surface area contributed by atoms with Crippen molar-refractivity contribution in [3.8, 4) is 0 Å². The Morgan fingerprint density at radius 2 is 2.16 bits per heavy atom. The molecule has 108 valence electrons. The zero-order valence-electron chi connectivity index (χ0n) is 12.5. The number of nitrogens with one attached hydrogen (secondary N) is 1. The zero-order valence-corrected chi connectivity index (χ0v) is 13.3. The molecular weight excluding hydrogens is 254 g/mol. The van der Waals surface area contributed by atoms with Crippen LogP contribution in [0.15, 0.2) is 6.20 Å². The second-order valence-corrected chi connectivity index (χ2v) is 6.92. The number of nitrogens with zero attached hydrogens (tertiary/aromatic N) is 2. The van der Waals surface area contributed by atoms with Gasteiger partial charge >= 0.3 is 0 Å². The number of piperidine rings is 1. The molecule has 2 heterocycles. The quantitative estimate of drug-likeness (QED) is 0.813. The van der Waals surface area contributed by atoms with Gasteiger partial charge in [0.25, 0.3) is 0 Å². The van der Waals surface area contributed by atoms with Gasteiger partial charge in [-0.25, -0.2) is 4.98 Å². The number of rotatable bonds is 6. The van der Waals surface area contributed by atoms with Gasteiger partial charge in [-0.05, 0) is 66.2 Å². The summed E-state index contributed by atoms with van der Waals surface area (Å²) in [4.78, 5) is 8.70. The summed E-state index contributed by atoms with van der Waals surface area (Å²) in [5, 5.41) is 4.58. The Labute approximate surface area is 121 Å². The number of aromatic nitrogens is 1. The molecule has 4 heteroatoms. The molecule has 0 spiro atoms. The summed E-state index contributed by atoms with van der Waals surface area (Å²) < 4.78 is 0. The molecule has 1 aliphatic rings. The molecule has 0 radical (unpaired) electrons. The lowest BCUT2D eigenvalue weighted by Gasteiger charge is -2.33. The minimum atomic E-state index is 0.689. The third-order valence-corrected chi connectivity index (χ3v) is 5.25. The zero-order chi connectivity index (χ0) is 13.7. The molecule has 0 atom stereocenters. The van der Waals surface area contributed by atoms with Gasteiger partial charge in [0, 0.05) is 23.0 Å². The van der Waals surface area contributed by atoms with Crippen LogP contribution in [-0.2, 0) is 6.42 Å². The SMILES string of the molecule is CNCCCc1cnc(C2CCN(C(C)C)CC2)s1. The predicted octanol–water partition coefficient (Wildman–Crippen LogP) is 2.88. The molecule has 0 aromatic carbocycles. The minimum absolute atomic E-state index is 0.689. The summed E-state index contributed by atoms with van der Waals surface area (Å²) in [6, 6.07) is 0.689. The third kappa shape index (κ3) is 4.26. The fourth-order valence-electron chi connectivity index (χ4n) is 2.73. The molecule has 19 heavy (non-hydrogen) atoms. The standard InChI is InChI=1S/C15H27N3S/c1-12(2)18-9-6-13(7-10-18)15-17-11-14(19-15)5-4-8-16-3/h11-13,16H,4-10H2,1-3H3. The van der Waals surface area contributed by atoms with Crippen molar-refractivity contribution in [1.29, 1.82) is 0 Å².